The number of hydrogen-bond donors (Lipinski definition) is 2. The predicted octanol–water partition coefficient (Wildman–Crippen LogP) is 3.24. The van der Waals surface area contributed by atoms with Crippen LogP contribution in [0.3, 0.4) is 0 Å². The molecule has 0 spiro atoms. The molecule has 1 saturated heterocycles. The van der Waals surface area contributed by atoms with Crippen LogP contribution in [0.15, 0.2) is 40.8 Å². The van der Waals surface area contributed by atoms with Gasteiger partial charge in [0.25, 0.3) is 0 Å². The number of nitrogens with zero attached hydrogens (tertiary/aromatic N) is 1. The Labute approximate surface area is 146 Å². The van der Waals surface area contributed by atoms with Crippen LogP contribution >= 0.6 is 11.6 Å². The summed E-state index contributed by atoms with van der Waals surface area (Å²) in [6.07, 6.45) is 1.93. The van der Waals surface area contributed by atoms with E-state index >= 15 is 0 Å². The summed E-state index contributed by atoms with van der Waals surface area (Å²) in [5.41, 5.74) is 7.69. The van der Waals surface area contributed by atoms with Gasteiger partial charge in [0.1, 0.15) is 5.76 Å². The summed E-state index contributed by atoms with van der Waals surface area (Å²) < 4.78 is 5.32. The van der Waals surface area contributed by atoms with Gasteiger partial charge in [-0.15, -0.1) is 0 Å². The second-order valence-electron chi connectivity index (χ2n) is 6.23. The number of halogens is 1. The largest absolute Gasteiger partial charge is 0.448 e. The molecule has 3 rings (SSSR count). The molecule has 1 aromatic heterocycles. The third-order valence-electron chi connectivity index (χ3n) is 4.36. The number of piperidine rings is 1. The van der Waals surface area contributed by atoms with Gasteiger partial charge in [0.05, 0.1) is 12.5 Å². The van der Waals surface area contributed by atoms with Crippen LogP contribution in [-0.4, -0.2) is 23.9 Å². The monoisotopic (exact) mass is 347 g/mol. The average molecular weight is 348 g/mol. The quantitative estimate of drug-likeness (QED) is 0.841. The minimum Gasteiger partial charge on any atom is -0.448 e. The lowest BCUT2D eigenvalue weighted by molar-refractivity contribution is -0.123. The zero-order chi connectivity index (χ0) is 16.9. The molecule has 2 heterocycles. The van der Waals surface area contributed by atoms with Crippen molar-refractivity contribution in [3.05, 3.63) is 52.9 Å². The molecule has 1 aliphatic rings. The Kier molecular flexibility index (Phi) is 5.43. The molecule has 5 nitrogen and oxygen atoms in total. The summed E-state index contributed by atoms with van der Waals surface area (Å²) in [5.74, 6) is 0.604. The van der Waals surface area contributed by atoms with E-state index in [-0.39, 0.29) is 11.8 Å². The van der Waals surface area contributed by atoms with Gasteiger partial charge >= 0.3 is 0 Å². The van der Waals surface area contributed by atoms with E-state index in [0.29, 0.717) is 11.8 Å². The molecule has 1 aromatic carbocycles. The highest BCUT2D eigenvalue weighted by molar-refractivity contribution is 6.28. The molecule has 1 unspecified atom stereocenters. The van der Waals surface area contributed by atoms with E-state index in [1.165, 1.54) is 5.56 Å². The van der Waals surface area contributed by atoms with Gasteiger partial charge in [0.15, 0.2) is 5.22 Å². The van der Waals surface area contributed by atoms with Crippen LogP contribution in [0, 0.1) is 5.92 Å². The number of rotatable bonds is 6. The predicted molar refractivity (Wildman–Crippen MR) is 94.7 cm³/mol. The van der Waals surface area contributed by atoms with Crippen LogP contribution in [0.5, 0.6) is 0 Å². The smallest absolute Gasteiger partial charge is 0.221 e. The Morgan fingerprint density at radius 2 is 2.08 bits per heavy atom. The second-order valence-corrected chi connectivity index (χ2v) is 6.61. The lowest BCUT2D eigenvalue weighted by Crippen LogP contribution is -2.40. The zero-order valence-corrected chi connectivity index (χ0v) is 14.3. The van der Waals surface area contributed by atoms with Gasteiger partial charge < -0.3 is 15.5 Å². The van der Waals surface area contributed by atoms with Gasteiger partial charge in [-0.05, 0) is 60.8 Å². The number of likely N-dealkylation sites (tertiary alicyclic amines) is 1. The minimum atomic E-state index is -0.183. The molecule has 0 saturated carbocycles. The van der Waals surface area contributed by atoms with Crippen LogP contribution in [-0.2, 0) is 17.9 Å². The number of nitrogens with one attached hydrogen (secondary N) is 1. The zero-order valence-electron chi connectivity index (χ0n) is 13.5. The molecule has 128 valence electrons. The van der Waals surface area contributed by atoms with Crippen LogP contribution in [0.2, 0.25) is 5.22 Å². The van der Waals surface area contributed by atoms with E-state index in [2.05, 4.69) is 34.5 Å². The maximum absolute atomic E-state index is 11.4. The molecule has 1 atom stereocenters. The van der Waals surface area contributed by atoms with E-state index in [0.717, 1.165) is 43.9 Å². The van der Waals surface area contributed by atoms with Crippen molar-refractivity contribution >= 4 is 23.2 Å². The highest BCUT2D eigenvalue weighted by Crippen LogP contribution is 2.20. The first-order chi connectivity index (χ1) is 11.6. The van der Waals surface area contributed by atoms with Gasteiger partial charge in [0, 0.05) is 18.8 Å². The van der Waals surface area contributed by atoms with Gasteiger partial charge in [0.2, 0.25) is 5.91 Å². The van der Waals surface area contributed by atoms with Crippen molar-refractivity contribution in [3.8, 4) is 0 Å². The van der Waals surface area contributed by atoms with E-state index < -0.39 is 0 Å². The van der Waals surface area contributed by atoms with E-state index in [9.17, 15) is 4.79 Å². The number of hydrogen-bond acceptors (Lipinski definition) is 4. The molecule has 0 bridgehead atoms. The molecule has 1 fully saturated rings. The molecule has 1 aliphatic heterocycles. The first-order valence-electron chi connectivity index (χ1n) is 8.19. The average Bonchev–Trinajstić information content (AvgIpc) is 3.00. The molecule has 1 amide bonds. The van der Waals surface area contributed by atoms with E-state index in [1.54, 1.807) is 6.07 Å². The fraction of sp³-hybridized carbons (Fsp3) is 0.389. The van der Waals surface area contributed by atoms with Gasteiger partial charge in [-0.25, -0.2) is 0 Å². The lowest BCUT2D eigenvalue weighted by Gasteiger charge is -2.31. The number of nitrogens with two attached hydrogens (primary N) is 1. The molecule has 6 heteroatoms. The third-order valence-corrected chi connectivity index (χ3v) is 4.57. The van der Waals surface area contributed by atoms with Gasteiger partial charge in [-0.1, -0.05) is 12.1 Å². The van der Waals surface area contributed by atoms with E-state index in [1.807, 2.05) is 6.07 Å². The Bertz CT molecular complexity index is 684. The molecule has 3 N–H and O–H groups in total. The number of primary amides is 1. The first-order valence-corrected chi connectivity index (χ1v) is 8.56. The highest BCUT2D eigenvalue weighted by atomic mass is 35.5. The van der Waals surface area contributed by atoms with Crippen molar-refractivity contribution in [1.82, 2.24) is 4.90 Å². The number of carbonyl (C=O) groups is 1. The number of furan rings is 1. The lowest BCUT2D eigenvalue weighted by atomic mass is 9.97. The van der Waals surface area contributed by atoms with Crippen molar-refractivity contribution in [2.24, 2.45) is 11.7 Å². The molecule has 2 aromatic rings. The number of anilines is 1. The SMILES string of the molecule is NC(=O)C1CCCN(Cc2ccc(NCc3ccc(Cl)o3)cc2)C1. The van der Waals surface area contributed by atoms with Crippen molar-refractivity contribution in [3.63, 3.8) is 0 Å². The van der Waals surface area contributed by atoms with Crippen molar-refractivity contribution in [1.29, 1.82) is 0 Å². The number of benzene rings is 1. The fourth-order valence-electron chi connectivity index (χ4n) is 3.05. The Balaban J connectivity index is 1.51. The summed E-state index contributed by atoms with van der Waals surface area (Å²) in [4.78, 5) is 13.7. The van der Waals surface area contributed by atoms with Crippen molar-refractivity contribution in [2.45, 2.75) is 25.9 Å². The number of carbonyl (C=O) groups excluding carboxylic acids is 1. The molecular formula is C18H22ClN3O2. The fourth-order valence-corrected chi connectivity index (χ4v) is 3.22. The van der Waals surface area contributed by atoms with Crippen molar-refractivity contribution < 1.29 is 9.21 Å². The summed E-state index contributed by atoms with van der Waals surface area (Å²) >= 11 is 5.76. The second kappa shape index (κ2) is 7.73. The molecule has 0 aliphatic carbocycles. The Morgan fingerprint density at radius 1 is 1.29 bits per heavy atom. The minimum absolute atomic E-state index is 0.0141. The third kappa shape index (κ3) is 4.52. The normalized spacial score (nSPS) is 18.5. The highest BCUT2D eigenvalue weighted by Gasteiger charge is 2.23. The Hall–Kier alpha value is -1.98. The summed E-state index contributed by atoms with van der Waals surface area (Å²) in [5, 5.41) is 3.70. The van der Waals surface area contributed by atoms with Crippen LogP contribution < -0.4 is 11.1 Å². The topological polar surface area (TPSA) is 71.5 Å². The van der Waals surface area contributed by atoms with Gasteiger partial charge in [-0.2, -0.15) is 0 Å². The molecular weight excluding hydrogens is 326 g/mol. The summed E-state index contributed by atoms with van der Waals surface area (Å²) in [7, 11) is 0. The maximum atomic E-state index is 11.4. The summed E-state index contributed by atoms with van der Waals surface area (Å²) in [6, 6.07) is 11.9. The van der Waals surface area contributed by atoms with Crippen LogP contribution in [0.1, 0.15) is 24.2 Å². The number of amides is 1. The summed E-state index contributed by atoms with van der Waals surface area (Å²) in [6.45, 7) is 3.22. The molecule has 0 radical (unpaired) electrons. The first kappa shape index (κ1) is 16.9. The van der Waals surface area contributed by atoms with Crippen molar-refractivity contribution in [2.75, 3.05) is 18.4 Å². The van der Waals surface area contributed by atoms with E-state index in [4.69, 9.17) is 21.8 Å². The standard InChI is InChI=1S/C18H22ClN3O2/c19-17-8-7-16(24-17)10-21-15-5-3-13(4-6-15)11-22-9-1-2-14(12-22)18(20)23/h3-8,14,21H,1-2,9-12H2,(H2,20,23). The van der Waals surface area contributed by atoms with Gasteiger partial charge in [-0.3, -0.25) is 9.69 Å². The Morgan fingerprint density at radius 3 is 2.75 bits per heavy atom. The molecule has 24 heavy (non-hydrogen) atoms. The van der Waals surface area contributed by atoms with Crippen LogP contribution in [0.25, 0.3) is 0 Å². The van der Waals surface area contributed by atoms with Crippen LogP contribution in [0.4, 0.5) is 5.69 Å². The maximum Gasteiger partial charge on any atom is 0.221 e.